The lowest BCUT2D eigenvalue weighted by atomic mass is 10.1. The zero-order valence-corrected chi connectivity index (χ0v) is 13.7. The topological polar surface area (TPSA) is 119 Å². The van der Waals surface area contributed by atoms with Crippen molar-refractivity contribution >= 4 is 22.0 Å². The van der Waals surface area contributed by atoms with E-state index in [0.29, 0.717) is 5.56 Å². The number of hydrogen-bond acceptors (Lipinski definition) is 6. The van der Waals surface area contributed by atoms with Crippen LogP contribution in [0.3, 0.4) is 0 Å². The van der Waals surface area contributed by atoms with E-state index in [2.05, 4.69) is 9.46 Å². The van der Waals surface area contributed by atoms with Crippen LogP contribution in [0.25, 0.3) is 0 Å². The number of benzene rings is 1. The summed E-state index contributed by atoms with van der Waals surface area (Å²) in [7, 11) is -1.22. The van der Waals surface area contributed by atoms with E-state index in [9.17, 15) is 18.0 Å². The predicted octanol–water partition coefficient (Wildman–Crippen LogP) is 0.763. The van der Waals surface area contributed by atoms with Crippen molar-refractivity contribution in [2.45, 2.75) is 24.3 Å². The van der Waals surface area contributed by atoms with Crippen LogP contribution in [0.1, 0.15) is 28.8 Å². The molecular weight excluding hydrogens is 326 g/mol. The Labute approximate surface area is 134 Å². The monoisotopic (exact) mass is 345 g/mol. The van der Waals surface area contributed by atoms with E-state index < -0.39 is 22.0 Å². The van der Waals surface area contributed by atoms with E-state index in [1.807, 2.05) is 0 Å². The van der Waals surface area contributed by atoms with Crippen LogP contribution in [-0.4, -0.2) is 46.2 Å². The molecule has 1 aromatic rings. The summed E-state index contributed by atoms with van der Waals surface area (Å²) in [5.41, 5.74) is 0.592. The number of methoxy groups -OCH3 is 2. The average molecular weight is 345 g/mol. The molecule has 0 radical (unpaired) electrons. The first kappa shape index (κ1) is 19.1. The molecule has 8 nitrogen and oxygen atoms in total. The van der Waals surface area contributed by atoms with Crippen LogP contribution in [0, 0.1) is 0 Å². The lowest BCUT2D eigenvalue weighted by molar-refractivity contribution is -0.137. The van der Waals surface area contributed by atoms with Gasteiger partial charge in [-0.25, -0.2) is 17.9 Å². The molecule has 0 unspecified atom stereocenters. The Morgan fingerprint density at radius 2 is 1.91 bits per heavy atom. The van der Waals surface area contributed by atoms with Crippen molar-refractivity contribution in [3.05, 3.63) is 29.3 Å². The zero-order valence-electron chi connectivity index (χ0n) is 12.9. The SMILES string of the molecule is COCc1cc(C(=O)OC)cc(S(=O)(=O)NCCCC(=O)O)c1. The van der Waals surface area contributed by atoms with Gasteiger partial charge in [0.2, 0.25) is 10.0 Å². The molecule has 0 amide bonds. The zero-order chi connectivity index (χ0) is 17.5. The third-order valence-electron chi connectivity index (χ3n) is 2.87. The highest BCUT2D eigenvalue weighted by atomic mass is 32.2. The minimum Gasteiger partial charge on any atom is -0.481 e. The fourth-order valence-corrected chi connectivity index (χ4v) is 3.00. The highest BCUT2D eigenvalue weighted by Gasteiger charge is 2.18. The number of carboxylic acid groups (broad SMARTS) is 1. The second-order valence-electron chi connectivity index (χ2n) is 4.69. The summed E-state index contributed by atoms with van der Waals surface area (Å²) in [5, 5.41) is 8.54. The molecule has 0 saturated heterocycles. The molecule has 1 rings (SSSR count). The molecule has 0 saturated carbocycles. The van der Waals surface area contributed by atoms with E-state index >= 15 is 0 Å². The van der Waals surface area contributed by atoms with Crippen LogP contribution in [-0.2, 0) is 30.9 Å². The van der Waals surface area contributed by atoms with Crippen molar-refractivity contribution in [1.82, 2.24) is 4.72 Å². The summed E-state index contributed by atoms with van der Waals surface area (Å²) in [5.74, 6) is -1.66. The third kappa shape index (κ3) is 5.97. The Kier molecular flexibility index (Phi) is 7.14. The van der Waals surface area contributed by atoms with Crippen LogP contribution in [0.4, 0.5) is 0 Å². The van der Waals surface area contributed by atoms with Gasteiger partial charge in [0, 0.05) is 20.1 Å². The Morgan fingerprint density at radius 1 is 1.22 bits per heavy atom. The fourth-order valence-electron chi connectivity index (χ4n) is 1.83. The van der Waals surface area contributed by atoms with Crippen molar-refractivity contribution in [2.75, 3.05) is 20.8 Å². The number of aliphatic carboxylic acids is 1. The summed E-state index contributed by atoms with van der Waals surface area (Å²) >= 11 is 0. The summed E-state index contributed by atoms with van der Waals surface area (Å²) in [6, 6.07) is 4.07. The Balaban J connectivity index is 3.01. The van der Waals surface area contributed by atoms with E-state index in [-0.39, 0.29) is 36.5 Å². The van der Waals surface area contributed by atoms with Crippen LogP contribution < -0.4 is 4.72 Å². The predicted molar refractivity (Wildman–Crippen MR) is 80.6 cm³/mol. The number of carboxylic acids is 1. The van der Waals surface area contributed by atoms with Crippen LogP contribution in [0.15, 0.2) is 23.1 Å². The molecule has 0 spiro atoms. The number of sulfonamides is 1. The molecule has 1 aromatic carbocycles. The molecule has 0 fully saturated rings. The van der Waals surface area contributed by atoms with Gasteiger partial charge in [-0.2, -0.15) is 0 Å². The molecule has 0 heterocycles. The lowest BCUT2D eigenvalue weighted by Gasteiger charge is -2.10. The Hall–Kier alpha value is -1.97. The molecule has 128 valence electrons. The number of esters is 1. The van der Waals surface area contributed by atoms with Crippen molar-refractivity contribution in [3.63, 3.8) is 0 Å². The summed E-state index contributed by atoms with van der Waals surface area (Å²) < 4.78 is 36.3. The van der Waals surface area contributed by atoms with Crippen LogP contribution in [0.5, 0.6) is 0 Å². The summed E-state index contributed by atoms with van der Waals surface area (Å²) in [6.45, 7) is 0.114. The van der Waals surface area contributed by atoms with E-state index in [4.69, 9.17) is 9.84 Å². The average Bonchev–Trinajstić information content (AvgIpc) is 2.50. The lowest BCUT2D eigenvalue weighted by Crippen LogP contribution is -2.25. The fraction of sp³-hybridized carbons (Fsp3) is 0.429. The van der Waals surface area contributed by atoms with Gasteiger partial charge in [0.1, 0.15) is 0 Å². The van der Waals surface area contributed by atoms with Crippen molar-refractivity contribution in [2.24, 2.45) is 0 Å². The first-order valence-corrected chi connectivity index (χ1v) is 8.21. The maximum Gasteiger partial charge on any atom is 0.337 e. The molecule has 23 heavy (non-hydrogen) atoms. The Morgan fingerprint density at radius 3 is 2.48 bits per heavy atom. The quantitative estimate of drug-likeness (QED) is 0.501. The van der Waals surface area contributed by atoms with Crippen LogP contribution >= 0.6 is 0 Å². The van der Waals surface area contributed by atoms with E-state index in [1.54, 1.807) is 0 Å². The normalized spacial score (nSPS) is 11.2. The molecular formula is C14H19NO7S. The maximum absolute atomic E-state index is 12.2. The number of hydrogen-bond donors (Lipinski definition) is 2. The second-order valence-corrected chi connectivity index (χ2v) is 6.45. The maximum atomic E-state index is 12.2. The molecule has 0 aliphatic heterocycles. The third-order valence-corrected chi connectivity index (χ3v) is 4.31. The molecule has 2 N–H and O–H groups in total. The van der Waals surface area contributed by atoms with Crippen molar-refractivity contribution in [3.8, 4) is 0 Å². The first-order chi connectivity index (χ1) is 10.8. The van der Waals surface area contributed by atoms with Crippen LogP contribution in [0.2, 0.25) is 0 Å². The minimum atomic E-state index is -3.87. The standard InChI is InChI=1S/C14H19NO7S/c1-21-9-10-6-11(14(18)22-2)8-12(7-10)23(19,20)15-5-3-4-13(16)17/h6-8,15H,3-5,9H2,1-2H3,(H,16,17). The molecule has 0 atom stereocenters. The first-order valence-electron chi connectivity index (χ1n) is 6.73. The second kappa shape index (κ2) is 8.61. The van der Waals surface area contributed by atoms with Gasteiger partial charge in [-0.15, -0.1) is 0 Å². The number of carbonyl (C=O) groups is 2. The van der Waals surface area contributed by atoms with Gasteiger partial charge in [-0.3, -0.25) is 4.79 Å². The van der Waals surface area contributed by atoms with Crippen molar-refractivity contribution in [1.29, 1.82) is 0 Å². The van der Waals surface area contributed by atoms with E-state index in [0.717, 1.165) is 0 Å². The van der Waals surface area contributed by atoms with Gasteiger partial charge >= 0.3 is 11.9 Å². The van der Waals surface area contributed by atoms with Gasteiger partial charge in [0.15, 0.2) is 0 Å². The van der Waals surface area contributed by atoms with E-state index in [1.165, 1.54) is 32.4 Å². The Bertz CT molecular complexity index is 670. The number of rotatable bonds is 9. The highest BCUT2D eigenvalue weighted by molar-refractivity contribution is 7.89. The van der Waals surface area contributed by atoms with Gasteiger partial charge in [-0.05, 0) is 30.2 Å². The van der Waals surface area contributed by atoms with Crippen molar-refractivity contribution < 1.29 is 32.6 Å². The van der Waals surface area contributed by atoms with Gasteiger partial charge in [0.25, 0.3) is 0 Å². The number of nitrogens with one attached hydrogen (secondary N) is 1. The largest absolute Gasteiger partial charge is 0.481 e. The smallest absolute Gasteiger partial charge is 0.337 e. The summed E-state index contributed by atoms with van der Waals surface area (Å²) in [4.78, 5) is 22.0. The van der Waals surface area contributed by atoms with Gasteiger partial charge in [-0.1, -0.05) is 0 Å². The molecule has 0 aliphatic rings. The molecule has 0 bridgehead atoms. The van der Waals surface area contributed by atoms with Gasteiger partial charge < -0.3 is 14.6 Å². The highest BCUT2D eigenvalue weighted by Crippen LogP contribution is 2.17. The molecule has 9 heteroatoms. The molecule has 0 aromatic heterocycles. The van der Waals surface area contributed by atoms with Gasteiger partial charge in [0.05, 0.1) is 24.2 Å². The number of carbonyl (C=O) groups excluding carboxylic acids is 1. The minimum absolute atomic E-state index is 0.0172. The number of ether oxygens (including phenoxy) is 2. The summed E-state index contributed by atoms with van der Waals surface area (Å²) in [6.07, 6.45) is 0.0236. The molecule has 0 aliphatic carbocycles.